The average molecular weight is 454 g/mol. The maximum atomic E-state index is 14.2. The zero-order valence-corrected chi connectivity index (χ0v) is 19.4. The molecule has 0 N–H and O–H groups in total. The summed E-state index contributed by atoms with van der Waals surface area (Å²) in [5, 5.41) is -0.231. The number of benzene rings is 1. The molecule has 7 nitrogen and oxygen atoms in total. The van der Waals surface area contributed by atoms with Gasteiger partial charge < -0.3 is 9.64 Å². The Morgan fingerprint density at radius 2 is 1.60 bits per heavy atom. The van der Waals surface area contributed by atoms with Crippen LogP contribution >= 0.6 is 19.2 Å². The summed E-state index contributed by atoms with van der Waals surface area (Å²) in [6.07, 6.45) is 4.16. The number of carbonyl (C=O) groups is 2. The van der Waals surface area contributed by atoms with Gasteiger partial charge in [0.05, 0.1) is 6.61 Å². The van der Waals surface area contributed by atoms with E-state index in [0.717, 1.165) is 69.2 Å². The molecule has 1 aromatic carbocycles. The van der Waals surface area contributed by atoms with E-state index in [9.17, 15) is 14.2 Å². The van der Waals surface area contributed by atoms with Crippen LogP contribution in [0.25, 0.3) is 0 Å². The monoisotopic (exact) mass is 453 g/mol. The molecule has 166 valence electrons. The van der Waals surface area contributed by atoms with Gasteiger partial charge in [0.15, 0.2) is 0 Å². The van der Waals surface area contributed by atoms with Crippen molar-refractivity contribution < 1.29 is 18.9 Å². The molecule has 2 fully saturated rings. The molecule has 2 aliphatic heterocycles. The first-order valence-corrected chi connectivity index (χ1v) is 13.5. The van der Waals surface area contributed by atoms with E-state index in [1.54, 1.807) is 6.92 Å². The highest BCUT2D eigenvalue weighted by atomic mass is 32.2. The Balaban J connectivity index is 1.75. The average Bonchev–Trinajstić information content (AvgIpc) is 3.47. The largest absolute Gasteiger partial charge is 0.465 e. The molecule has 0 radical (unpaired) electrons. The van der Waals surface area contributed by atoms with Gasteiger partial charge in [0.25, 0.3) is 5.24 Å². The quantitative estimate of drug-likeness (QED) is 0.409. The fourth-order valence-electron chi connectivity index (χ4n) is 3.95. The van der Waals surface area contributed by atoms with Gasteiger partial charge in [-0.25, -0.2) is 9.34 Å². The van der Waals surface area contributed by atoms with Crippen LogP contribution < -0.4 is 0 Å². The molecule has 0 unspecified atom stereocenters. The third-order valence-electron chi connectivity index (χ3n) is 5.49. The van der Waals surface area contributed by atoms with Crippen LogP contribution in [0.4, 0.5) is 4.79 Å². The molecule has 1 amide bonds. The smallest absolute Gasteiger partial charge is 0.325 e. The Morgan fingerprint density at radius 3 is 2.13 bits per heavy atom. The standard InChI is InChI=1S/C21H32N3O4PS/c1-2-28-20(25)16-22(21(26)30-17-19-10-4-3-5-11-19)18-29(27,23-12-6-7-13-23)24-14-8-9-15-24/h3-5,10-11H,2,6-9,12-18H2,1H3. The van der Waals surface area contributed by atoms with Crippen LogP contribution in [0.5, 0.6) is 0 Å². The van der Waals surface area contributed by atoms with Crippen LogP contribution in [0, 0.1) is 0 Å². The predicted molar refractivity (Wildman–Crippen MR) is 121 cm³/mol. The zero-order chi connectivity index (χ0) is 21.4. The van der Waals surface area contributed by atoms with E-state index in [1.165, 1.54) is 4.90 Å². The molecule has 2 heterocycles. The number of amides is 1. The van der Waals surface area contributed by atoms with E-state index < -0.39 is 13.4 Å². The second kappa shape index (κ2) is 11.3. The van der Waals surface area contributed by atoms with Crippen molar-refractivity contribution in [3.05, 3.63) is 35.9 Å². The van der Waals surface area contributed by atoms with Gasteiger partial charge in [0.1, 0.15) is 12.8 Å². The number of rotatable bonds is 9. The summed E-state index contributed by atoms with van der Waals surface area (Å²) in [5.41, 5.74) is 1.04. The lowest BCUT2D eigenvalue weighted by molar-refractivity contribution is -0.143. The van der Waals surface area contributed by atoms with Crippen molar-refractivity contribution in [2.24, 2.45) is 0 Å². The molecule has 0 aliphatic carbocycles. The van der Waals surface area contributed by atoms with Crippen molar-refractivity contribution in [1.29, 1.82) is 0 Å². The molecule has 0 atom stereocenters. The van der Waals surface area contributed by atoms with Gasteiger partial charge in [-0.2, -0.15) is 0 Å². The first-order chi connectivity index (χ1) is 14.5. The molecule has 0 saturated carbocycles. The molecule has 0 bridgehead atoms. The van der Waals surface area contributed by atoms with Crippen molar-refractivity contribution in [2.75, 3.05) is 45.6 Å². The number of hydrogen-bond acceptors (Lipinski definition) is 5. The summed E-state index contributed by atoms with van der Waals surface area (Å²) in [6.45, 7) is 4.97. The van der Waals surface area contributed by atoms with Crippen LogP contribution in [0.1, 0.15) is 38.2 Å². The second-order valence-corrected chi connectivity index (χ2v) is 11.3. The number of thioether (sulfide) groups is 1. The van der Waals surface area contributed by atoms with Crippen molar-refractivity contribution in [3.63, 3.8) is 0 Å². The summed E-state index contributed by atoms with van der Waals surface area (Å²) in [5.74, 6) is 0.0528. The molecule has 9 heteroatoms. The third kappa shape index (κ3) is 6.10. The fourth-order valence-corrected chi connectivity index (χ4v) is 8.05. The highest BCUT2D eigenvalue weighted by Gasteiger charge is 2.42. The topological polar surface area (TPSA) is 70.2 Å². The highest BCUT2D eigenvalue weighted by molar-refractivity contribution is 8.12. The summed E-state index contributed by atoms with van der Waals surface area (Å²) in [4.78, 5) is 26.8. The van der Waals surface area contributed by atoms with Crippen LogP contribution in [-0.2, 0) is 19.8 Å². The van der Waals surface area contributed by atoms with Crippen LogP contribution in [0.3, 0.4) is 0 Å². The van der Waals surface area contributed by atoms with Crippen LogP contribution in [-0.4, -0.2) is 71.1 Å². The molecular weight excluding hydrogens is 421 g/mol. The van der Waals surface area contributed by atoms with E-state index in [-0.39, 0.29) is 24.7 Å². The van der Waals surface area contributed by atoms with Crippen LogP contribution in [0.2, 0.25) is 0 Å². The number of nitrogens with zero attached hydrogens (tertiary/aromatic N) is 3. The highest BCUT2D eigenvalue weighted by Crippen LogP contribution is 2.56. The minimum absolute atomic E-state index is 0.0758. The van der Waals surface area contributed by atoms with E-state index >= 15 is 0 Å². The maximum absolute atomic E-state index is 14.2. The molecule has 2 saturated heterocycles. The zero-order valence-electron chi connectivity index (χ0n) is 17.7. The van der Waals surface area contributed by atoms with Gasteiger partial charge >= 0.3 is 5.97 Å². The van der Waals surface area contributed by atoms with Crippen molar-refractivity contribution in [1.82, 2.24) is 14.2 Å². The summed E-state index contributed by atoms with van der Waals surface area (Å²) in [6, 6.07) is 9.74. The van der Waals surface area contributed by atoms with Crippen molar-refractivity contribution in [3.8, 4) is 0 Å². The predicted octanol–water partition coefficient (Wildman–Crippen LogP) is 4.25. The maximum Gasteiger partial charge on any atom is 0.325 e. The molecule has 0 aromatic heterocycles. The molecule has 1 aromatic rings. The van der Waals surface area contributed by atoms with Crippen LogP contribution in [0.15, 0.2) is 30.3 Å². The van der Waals surface area contributed by atoms with Gasteiger partial charge in [-0.15, -0.1) is 0 Å². The Bertz CT molecular complexity index is 732. The van der Waals surface area contributed by atoms with E-state index in [0.29, 0.717) is 5.75 Å². The number of hydrogen-bond donors (Lipinski definition) is 0. The minimum atomic E-state index is -2.94. The molecule has 3 rings (SSSR count). The molecule has 0 spiro atoms. The second-order valence-electron chi connectivity index (χ2n) is 7.67. The Hall–Kier alpha value is -1.34. The normalized spacial score (nSPS) is 17.9. The first kappa shape index (κ1) is 23.3. The Morgan fingerprint density at radius 1 is 1.03 bits per heavy atom. The van der Waals surface area contributed by atoms with Gasteiger partial charge in [-0.3, -0.25) is 14.2 Å². The Labute approximate surface area is 183 Å². The minimum Gasteiger partial charge on any atom is -0.465 e. The Kier molecular flexibility index (Phi) is 8.81. The van der Waals surface area contributed by atoms with Gasteiger partial charge in [0.2, 0.25) is 7.44 Å². The summed E-state index contributed by atoms with van der Waals surface area (Å²) >= 11 is 1.14. The van der Waals surface area contributed by atoms with Crippen molar-refractivity contribution >= 4 is 30.4 Å². The van der Waals surface area contributed by atoms with Gasteiger partial charge in [-0.1, -0.05) is 42.1 Å². The molecular formula is C21H32N3O4PS. The fraction of sp³-hybridized carbons (Fsp3) is 0.619. The lowest BCUT2D eigenvalue weighted by Gasteiger charge is -2.38. The SMILES string of the molecule is CCOC(=O)CN(CP(=O)(N1CCCC1)N1CCCC1)C(=O)SCc1ccccc1. The summed E-state index contributed by atoms with van der Waals surface area (Å²) in [7, 11) is -2.94. The lowest BCUT2D eigenvalue weighted by Crippen LogP contribution is -2.40. The first-order valence-electron chi connectivity index (χ1n) is 10.7. The third-order valence-corrected chi connectivity index (χ3v) is 9.75. The molecule has 2 aliphatic rings. The summed E-state index contributed by atoms with van der Waals surface area (Å²) < 4.78 is 23.5. The lowest BCUT2D eigenvalue weighted by atomic mass is 10.2. The van der Waals surface area contributed by atoms with Gasteiger partial charge in [0, 0.05) is 31.9 Å². The number of carbonyl (C=O) groups excluding carboxylic acids is 2. The number of ether oxygens (including phenoxy) is 1. The van der Waals surface area contributed by atoms with E-state index in [4.69, 9.17) is 4.74 Å². The molecule has 30 heavy (non-hydrogen) atoms. The van der Waals surface area contributed by atoms with Crippen molar-refractivity contribution in [2.45, 2.75) is 38.4 Å². The van der Waals surface area contributed by atoms with E-state index in [1.807, 2.05) is 30.3 Å². The van der Waals surface area contributed by atoms with E-state index in [2.05, 4.69) is 9.34 Å². The van der Waals surface area contributed by atoms with Gasteiger partial charge in [-0.05, 0) is 38.2 Å². The number of esters is 1.